The first-order chi connectivity index (χ1) is 10.5. The normalized spacial score (nSPS) is 13.5. The molecule has 0 aliphatic carbocycles. The highest BCUT2D eigenvalue weighted by molar-refractivity contribution is 9.10. The van der Waals surface area contributed by atoms with Gasteiger partial charge in [-0.3, -0.25) is 4.79 Å². The van der Waals surface area contributed by atoms with Crippen LogP contribution in [0.1, 0.15) is 18.1 Å². The predicted molar refractivity (Wildman–Crippen MR) is 92.0 cm³/mol. The lowest BCUT2D eigenvalue weighted by atomic mass is 10.0. The predicted octanol–water partition coefficient (Wildman–Crippen LogP) is 3.67. The van der Waals surface area contributed by atoms with Gasteiger partial charge >= 0.3 is 5.97 Å². The third-order valence-electron chi connectivity index (χ3n) is 3.52. The van der Waals surface area contributed by atoms with Crippen LogP contribution in [0.2, 0.25) is 0 Å². The summed E-state index contributed by atoms with van der Waals surface area (Å²) in [4.78, 5) is 11.5. The molecule has 3 nitrogen and oxygen atoms in total. The van der Waals surface area contributed by atoms with Crippen LogP contribution in [0.15, 0.2) is 59.1 Å². The van der Waals surface area contributed by atoms with Crippen molar-refractivity contribution in [2.24, 2.45) is 0 Å². The summed E-state index contributed by atoms with van der Waals surface area (Å²) in [6, 6.07) is 17.3. The van der Waals surface area contributed by atoms with Gasteiger partial charge in [0.15, 0.2) is 0 Å². The minimum absolute atomic E-state index is 0.0889. The average molecular weight is 362 g/mol. The van der Waals surface area contributed by atoms with Gasteiger partial charge in [-0.2, -0.15) is 0 Å². The third-order valence-corrected chi connectivity index (χ3v) is 4.05. The molecule has 116 valence electrons. The van der Waals surface area contributed by atoms with Gasteiger partial charge in [-0.1, -0.05) is 58.4 Å². The number of aliphatic carboxylic acids is 1. The lowest BCUT2D eigenvalue weighted by Gasteiger charge is -2.20. The van der Waals surface area contributed by atoms with E-state index in [4.69, 9.17) is 0 Å². The Hall–Kier alpha value is -1.65. The quantitative estimate of drug-likeness (QED) is 0.790. The summed E-state index contributed by atoms with van der Waals surface area (Å²) in [5.41, 5.74) is 2.21. The second-order valence-corrected chi connectivity index (χ2v) is 6.39. The lowest BCUT2D eigenvalue weighted by molar-refractivity contribution is -0.139. The van der Waals surface area contributed by atoms with Crippen LogP contribution in [0, 0.1) is 0 Å². The van der Waals surface area contributed by atoms with Gasteiger partial charge < -0.3 is 10.4 Å². The molecule has 0 spiro atoms. The molecule has 1 unspecified atom stereocenters. The Balaban J connectivity index is 1.95. The first-order valence-electron chi connectivity index (χ1n) is 7.32. The topological polar surface area (TPSA) is 49.3 Å². The van der Waals surface area contributed by atoms with Crippen molar-refractivity contribution in [2.75, 3.05) is 0 Å². The van der Waals surface area contributed by atoms with Gasteiger partial charge in [-0.15, -0.1) is 0 Å². The number of carboxylic acids is 1. The molecule has 0 heterocycles. The van der Waals surface area contributed by atoms with Crippen molar-refractivity contribution >= 4 is 21.9 Å². The van der Waals surface area contributed by atoms with Crippen molar-refractivity contribution in [1.29, 1.82) is 0 Å². The number of carbonyl (C=O) groups is 1. The fourth-order valence-corrected chi connectivity index (χ4v) is 2.71. The van der Waals surface area contributed by atoms with Crippen molar-refractivity contribution in [2.45, 2.75) is 31.8 Å². The van der Waals surface area contributed by atoms with Gasteiger partial charge in [-0.05, 0) is 43.0 Å². The van der Waals surface area contributed by atoms with Gasteiger partial charge in [0.25, 0.3) is 0 Å². The number of carboxylic acid groups (broad SMARTS) is 1. The van der Waals surface area contributed by atoms with Gasteiger partial charge in [0.05, 0.1) is 0 Å². The second kappa shape index (κ2) is 8.11. The van der Waals surface area contributed by atoms with Crippen molar-refractivity contribution in [1.82, 2.24) is 5.32 Å². The summed E-state index contributed by atoms with van der Waals surface area (Å²) in [6.07, 6.45) is 1.28. The van der Waals surface area contributed by atoms with E-state index in [1.54, 1.807) is 0 Å². The van der Waals surface area contributed by atoms with Crippen LogP contribution in [0.3, 0.4) is 0 Å². The summed E-state index contributed by atoms with van der Waals surface area (Å²) < 4.78 is 1.05. The molecule has 0 amide bonds. The first kappa shape index (κ1) is 16.7. The van der Waals surface area contributed by atoms with Gasteiger partial charge in [-0.25, -0.2) is 0 Å². The molecule has 2 aromatic rings. The Morgan fingerprint density at radius 1 is 1.05 bits per heavy atom. The summed E-state index contributed by atoms with van der Waals surface area (Å²) >= 11 is 3.41. The van der Waals surface area contributed by atoms with Gasteiger partial charge in [0.1, 0.15) is 6.04 Å². The SMILES string of the molecule is CC(Cc1ccc(Br)cc1)N[C@H](Cc1ccccc1)C(=O)O. The summed E-state index contributed by atoms with van der Waals surface area (Å²) in [5, 5.41) is 12.6. The fourth-order valence-electron chi connectivity index (χ4n) is 2.44. The van der Waals surface area contributed by atoms with E-state index in [0.717, 1.165) is 16.5 Å². The summed E-state index contributed by atoms with van der Waals surface area (Å²) in [5.74, 6) is -0.813. The maximum absolute atomic E-state index is 11.5. The van der Waals surface area contributed by atoms with E-state index in [0.29, 0.717) is 6.42 Å². The second-order valence-electron chi connectivity index (χ2n) is 5.48. The van der Waals surface area contributed by atoms with Crippen molar-refractivity contribution in [3.63, 3.8) is 0 Å². The van der Waals surface area contributed by atoms with E-state index in [9.17, 15) is 9.90 Å². The monoisotopic (exact) mass is 361 g/mol. The highest BCUT2D eigenvalue weighted by Gasteiger charge is 2.20. The minimum atomic E-state index is -0.813. The zero-order valence-corrected chi connectivity index (χ0v) is 14.1. The number of nitrogens with one attached hydrogen (secondary N) is 1. The lowest BCUT2D eigenvalue weighted by Crippen LogP contribution is -2.44. The standard InChI is InChI=1S/C18H20BrNO2/c1-13(11-15-7-9-16(19)10-8-15)20-17(18(21)22)12-14-5-3-2-4-6-14/h2-10,13,17,20H,11-12H2,1H3,(H,21,22)/t13?,17-/m1/s1. The van der Waals surface area contributed by atoms with Crippen LogP contribution >= 0.6 is 15.9 Å². The molecule has 2 N–H and O–H groups in total. The van der Waals surface area contributed by atoms with Crippen LogP contribution < -0.4 is 5.32 Å². The molecule has 0 saturated carbocycles. The Morgan fingerprint density at radius 2 is 1.64 bits per heavy atom. The highest BCUT2D eigenvalue weighted by atomic mass is 79.9. The van der Waals surface area contributed by atoms with Crippen molar-refractivity contribution < 1.29 is 9.90 Å². The van der Waals surface area contributed by atoms with Crippen LogP contribution in [-0.2, 0) is 17.6 Å². The van der Waals surface area contributed by atoms with E-state index in [-0.39, 0.29) is 6.04 Å². The van der Waals surface area contributed by atoms with Crippen molar-refractivity contribution in [3.05, 3.63) is 70.2 Å². The molecule has 2 atom stereocenters. The molecule has 0 radical (unpaired) electrons. The molecule has 22 heavy (non-hydrogen) atoms. The molecular formula is C18H20BrNO2. The molecule has 2 rings (SSSR count). The zero-order chi connectivity index (χ0) is 15.9. The zero-order valence-electron chi connectivity index (χ0n) is 12.5. The molecular weight excluding hydrogens is 342 g/mol. The molecule has 0 aromatic heterocycles. The first-order valence-corrected chi connectivity index (χ1v) is 8.11. The van der Waals surface area contributed by atoms with E-state index in [1.807, 2.05) is 49.4 Å². The van der Waals surface area contributed by atoms with Gasteiger partial charge in [0, 0.05) is 10.5 Å². The molecule has 0 bridgehead atoms. The van der Waals surface area contributed by atoms with Crippen LogP contribution in [0.5, 0.6) is 0 Å². The fraction of sp³-hybridized carbons (Fsp3) is 0.278. The maximum Gasteiger partial charge on any atom is 0.321 e. The van der Waals surface area contributed by atoms with Gasteiger partial charge in [0.2, 0.25) is 0 Å². The Kier molecular flexibility index (Phi) is 6.16. The van der Waals surface area contributed by atoms with E-state index in [1.165, 1.54) is 5.56 Å². The third kappa shape index (κ3) is 5.28. The maximum atomic E-state index is 11.5. The number of halogens is 1. The minimum Gasteiger partial charge on any atom is -0.480 e. The highest BCUT2D eigenvalue weighted by Crippen LogP contribution is 2.12. The molecule has 2 aromatic carbocycles. The number of rotatable bonds is 7. The van der Waals surface area contributed by atoms with E-state index >= 15 is 0 Å². The molecule has 0 fully saturated rings. The molecule has 0 aliphatic rings. The van der Waals surface area contributed by atoms with Crippen LogP contribution in [0.25, 0.3) is 0 Å². The Morgan fingerprint density at radius 3 is 2.23 bits per heavy atom. The number of benzene rings is 2. The molecule has 0 aliphatic heterocycles. The number of hydrogen-bond acceptors (Lipinski definition) is 2. The van der Waals surface area contributed by atoms with Crippen molar-refractivity contribution in [3.8, 4) is 0 Å². The Bertz CT molecular complexity index is 598. The average Bonchev–Trinajstić information content (AvgIpc) is 2.50. The van der Waals surface area contributed by atoms with E-state index in [2.05, 4.69) is 33.4 Å². The van der Waals surface area contributed by atoms with Crippen LogP contribution in [0.4, 0.5) is 0 Å². The molecule has 0 saturated heterocycles. The largest absolute Gasteiger partial charge is 0.480 e. The molecule has 4 heteroatoms. The van der Waals surface area contributed by atoms with E-state index < -0.39 is 12.0 Å². The van der Waals surface area contributed by atoms with Crippen LogP contribution in [-0.4, -0.2) is 23.2 Å². The summed E-state index contributed by atoms with van der Waals surface area (Å²) in [6.45, 7) is 2.02. The smallest absolute Gasteiger partial charge is 0.321 e. The Labute approximate surface area is 139 Å². The number of hydrogen-bond donors (Lipinski definition) is 2. The summed E-state index contributed by atoms with van der Waals surface area (Å²) in [7, 11) is 0.